The Labute approximate surface area is 144 Å². The summed E-state index contributed by atoms with van der Waals surface area (Å²) in [6, 6.07) is 17.0. The van der Waals surface area contributed by atoms with Gasteiger partial charge >= 0.3 is 0 Å². The number of carbonyl (C=O) groups is 1. The summed E-state index contributed by atoms with van der Waals surface area (Å²) in [6.07, 6.45) is 3.44. The predicted molar refractivity (Wildman–Crippen MR) is 96.4 cm³/mol. The van der Waals surface area contributed by atoms with Crippen molar-refractivity contribution in [2.45, 2.75) is 44.6 Å². The molecule has 0 heterocycles. The van der Waals surface area contributed by atoms with Gasteiger partial charge in [-0.25, -0.2) is 0 Å². The van der Waals surface area contributed by atoms with Crippen LogP contribution < -0.4 is 10.1 Å². The molecule has 2 unspecified atom stereocenters. The summed E-state index contributed by atoms with van der Waals surface area (Å²) in [5, 5.41) is 3.24. The molecule has 2 atom stereocenters. The molecule has 2 aromatic rings. The molecule has 1 aliphatic carbocycles. The summed E-state index contributed by atoms with van der Waals surface area (Å²) >= 11 is 0. The molecule has 2 aromatic carbocycles. The number of hydrogen-bond acceptors (Lipinski definition) is 2. The van der Waals surface area contributed by atoms with Crippen LogP contribution in [0.4, 0.5) is 0 Å². The Hall–Kier alpha value is -2.29. The van der Waals surface area contributed by atoms with Crippen LogP contribution in [0.15, 0.2) is 48.5 Å². The fourth-order valence-corrected chi connectivity index (χ4v) is 3.60. The maximum absolute atomic E-state index is 12.0. The van der Waals surface area contributed by atoms with Crippen molar-refractivity contribution in [2.75, 3.05) is 7.11 Å². The molecule has 0 bridgehead atoms. The van der Waals surface area contributed by atoms with Gasteiger partial charge in [0.2, 0.25) is 5.91 Å². The number of carbonyl (C=O) groups excluding carboxylic acids is 1. The average Bonchev–Trinajstić information content (AvgIpc) is 2.63. The van der Waals surface area contributed by atoms with Crippen LogP contribution in [0.5, 0.6) is 5.75 Å². The highest BCUT2D eigenvalue weighted by Gasteiger charge is 2.30. The first-order valence-electron chi connectivity index (χ1n) is 8.71. The summed E-state index contributed by atoms with van der Waals surface area (Å²) in [7, 11) is 1.70. The molecule has 24 heavy (non-hydrogen) atoms. The van der Waals surface area contributed by atoms with Crippen LogP contribution in [0, 0.1) is 0 Å². The topological polar surface area (TPSA) is 38.3 Å². The molecule has 0 saturated heterocycles. The summed E-state index contributed by atoms with van der Waals surface area (Å²) in [5.74, 6) is 1.29. The van der Waals surface area contributed by atoms with Crippen molar-refractivity contribution in [3.8, 4) is 5.75 Å². The van der Waals surface area contributed by atoms with Gasteiger partial charge in [-0.15, -0.1) is 0 Å². The number of hydrogen-bond donors (Lipinski definition) is 1. The Morgan fingerprint density at radius 1 is 1.21 bits per heavy atom. The van der Waals surface area contributed by atoms with Gasteiger partial charge in [-0.1, -0.05) is 43.3 Å². The summed E-state index contributed by atoms with van der Waals surface area (Å²) in [6.45, 7) is 1.90. The second kappa shape index (κ2) is 7.52. The molecule has 0 fully saturated rings. The lowest BCUT2D eigenvalue weighted by Crippen LogP contribution is -2.42. The first-order valence-corrected chi connectivity index (χ1v) is 8.71. The predicted octanol–water partition coefficient (Wildman–Crippen LogP) is 3.86. The van der Waals surface area contributed by atoms with E-state index in [0.29, 0.717) is 6.42 Å². The molecule has 3 nitrogen and oxygen atoms in total. The van der Waals surface area contributed by atoms with Gasteiger partial charge < -0.3 is 10.1 Å². The molecular weight excluding hydrogens is 298 g/mol. The molecule has 0 aromatic heterocycles. The smallest absolute Gasteiger partial charge is 0.219 e. The van der Waals surface area contributed by atoms with E-state index in [9.17, 15) is 4.79 Å². The van der Waals surface area contributed by atoms with Crippen LogP contribution in [-0.2, 0) is 17.6 Å². The standard InChI is InChI=1S/C21H25NO2/c1-3-21(23)22-20-12-10-16-9-11-17(24-2)14-18(16)19(20)13-15-7-5-4-6-8-15/h4-9,11,14,19-20H,3,10,12-13H2,1-2H3,(H,22,23). The number of ether oxygens (including phenoxy) is 1. The van der Waals surface area contributed by atoms with E-state index in [4.69, 9.17) is 4.74 Å². The highest BCUT2D eigenvalue weighted by atomic mass is 16.5. The third-order valence-corrected chi connectivity index (χ3v) is 4.93. The second-order valence-electron chi connectivity index (χ2n) is 6.43. The fourth-order valence-electron chi connectivity index (χ4n) is 3.60. The summed E-state index contributed by atoms with van der Waals surface area (Å²) in [5.41, 5.74) is 3.98. The van der Waals surface area contributed by atoms with E-state index in [-0.39, 0.29) is 17.9 Å². The third kappa shape index (κ3) is 3.61. The maximum atomic E-state index is 12.0. The van der Waals surface area contributed by atoms with Crippen molar-refractivity contribution < 1.29 is 9.53 Å². The minimum Gasteiger partial charge on any atom is -0.497 e. The van der Waals surface area contributed by atoms with E-state index in [0.717, 1.165) is 25.0 Å². The SMILES string of the molecule is CCC(=O)NC1CCc2ccc(OC)cc2C1Cc1ccccc1. The molecule has 1 amide bonds. The number of methoxy groups -OCH3 is 1. The minimum atomic E-state index is 0.129. The summed E-state index contributed by atoms with van der Waals surface area (Å²) < 4.78 is 5.43. The molecule has 0 saturated carbocycles. The van der Waals surface area contributed by atoms with Gasteiger partial charge in [0.25, 0.3) is 0 Å². The van der Waals surface area contributed by atoms with Gasteiger partial charge in [0.15, 0.2) is 0 Å². The molecule has 0 aliphatic heterocycles. The van der Waals surface area contributed by atoms with Crippen molar-refractivity contribution in [1.82, 2.24) is 5.32 Å². The zero-order valence-electron chi connectivity index (χ0n) is 14.4. The highest BCUT2D eigenvalue weighted by molar-refractivity contribution is 5.76. The summed E-state index contributed by atoms with van der Waals surface area (Å²) in [4.78, 5) is 12.0. The third-order valence-electron chi connectivity index (χ3n) is 4.93. The van der Waals surface area contributed by atoms with Gasteiger partial charge in [-0.05, 0) is 48.1 Å². The average molecular weight is 323 g/mol. The van der Waals surface area contributed by atoms with E-state index >= 15 is 0 Å². The van der Waals surface area contributed by atoms with Gasteiger partial charge in [0.1, 0.15) is 5.75 Å². The molecule has 126 valence electrons. The van der Waals surface area contributed by atoms with E-state index in [2.05, 4.69) is 41.7 Å². The molecule has 0 radical (unpaired) electrons. The number of aryl methyl sites for hydroxylation is 1. The van der Waals surface area contributed by atoms with E-state index in [1.54, 1.807) is 7.11 Å². The number of amides is 1. The zero-order valence-corrected chi connectivity index (χ0v) is 14.4. The first-order chi connectivity index (χ1) is 11.7. The number of benzene rings is 2. The first kappa shape index (κ1) is 16.6. The van der Waals surface area contributed by atoms with Crippen LogP contribution in [0.1, 0.15) is 42.4 Å². The van der Waals surface area contributed by atoms with Crippen molar-refractivity contribution in [3.05, 3.63) is 65.2 Å². The number of nitrogens with one attached hydrogen (secondary N) is 1. The lowest BCUT2D eigenvalue weighted by molar-refractivity contribution is -0.121. The van der Waals surface area contributed by atoms with Gasteiger partial charge in [0, 0.05) is 18.4 Å². The maximum Gasteiger partial charge on any atom is 0.219 e. The molecule has 1 aliphatic rings. The largest absolute Gasteiger partial charge is 0.497 e. The van der Waals surface area contributed by atoms with Crippen LogP contribution >= 0.6 is 0 Å². The normalized spacial score (nSPS) is 19.4. The van der Waals surface area contributed by atoms with Gasteiger partial charge in [-0.3, -0.25) is 4.79 Å². The fraction of sp³-hybridized carbons (Fsp3) is 0.381. The Balaban J connectivity index is 1.94. The van der Waals surface area contributed by atoms with Crippen molar-refractivity contribution in [2.24, 2.45) is 0 Å². The van der Waals surface area contributed by atoms with Crippen LogP contribution in [0.3, 0.4) is 0 Å². The molecule has 1 N–H and O–H groups in total. The quantitative estimate of drug-likeness (QED) is 0.907. The molecular formula is C21H25NO2. The van der Waals surface area contributed by atoms with Crippen LogP contribution in [0.25, 0.3) is 0 Å². The van der Waals surface area contributed by atoms with E-state index in [1.165, 1.54) is 16.7 Å². The van der Waals surface area contributed by atoms with E-state index < -0.39 is 0 Å². The molecule has 0 spiro atoms. The number of fused-ring (bicyclic) bond motifs is 1. The highest BCUT2D eigenvalue weighted by Crippen LogP contribution is 2.36. The monoisotopic (exact) mass is 323 g/mol. The lowest BCUT2D eigenvalue weighted by Gasteiger charge is -2.34. The van der Waals surface area contributed by atoms with Crippen molar-refractivity contribution in [3.63, 3.8) is 0 Å². The van der Waals surface area contributed by atoms with Crippen molar-refractivity contribution in [1.29, 1.82) is 0 Å². The van der Waals surface area contributed by atoms with E-state index in [1.807, 2.05) is 19.1 Å². The Kier molecular flexibility index (Phi) is 5.19. The lowest BCUT2D eigenvalue weighted by atomic mass is 9.76. The Morgan fingerprint density at radius 3 is 2.71 bits per heavy atom. The van der Waals surface area contributed by atoms with Crippen molar-refractivity contribution >= 4 is 5.91 Å². The Morgan fingerprint density at radius 2 is 2.00 bits per heavy atom. The molecule has 3 heteroatoms. The minimum absolute atomic E-state index is 0.129. The van der Waals surface area contributed by atoms with Crippen LogP contribution in [0.2, 0.25) is 0 Å². The number of rotatable bonds is 5. The van der Waals surface area contributed by atoms with Gasteiger partial charge in [0.05, 0.1) is 7.11 Å². The Bertz CT molecular complexity index is 696. The zero-order chi connectivity index (χ0) is 16.9. The van der Waals surface area contributed by atoms with Gasteiger partial charge in [-0.2, -0.15) is 0 Å². The molecule has 3 rings (SSSR count). The van der Waals surface area contributed by atoms with Crippen LogP contribution in [-0.4, -0.2) is 19.1 Å². The second-order valence-corrected chi connectivity index (χ2v) is 6.43.